The molecular weight excluding hydrogens is 322 g/mol. The zero-order chi connectivity index (χ0) is 17.5. The summed E-state index contributed by atoms with van der Waals surface area (Å²) >= 11 is 6.14. The number of nitrogens with one attached hydrogen (secondary N) is 1. The molecule has 1 atom stereocenters. The second kappa shape index (κ2) is 8.74. The number of aryl methyl sites for hydroxylation is 2. The van der Waals surface area contributed by atoms with Crippen molar-refractivity contribution in [1.29, 1.82) is 0 Å². The molecule has 128 valence electrons. The molecular formula is C20H24ClNO2. The van der Waals surface area contributed by atoms with E-state index in [1.165, 1.54) is 11.6 Å². The Kier molecular flexibility index (Phi) is 6.68. The van der Waals surface area contributed by atoms with Crippen LogP contribution in [0.3, 0.4) is 0 Å². The van der Waals surface area contributed by atoms with Crippen molar-refractivity contribution in [2.75, 3.05) is 6.54 Å². The molecule has 0 aliphatic rings. The van der Waals surface area contributed by atoms with Gasteiger partial charge in [0.25, 0.3) is 5.91 Å². The van der Waals surface area contributed by atoms with Gasteiger partial charge in [-0.2, -0.15) is 0 Å². The number of rotatable bonds is 7. The van der Waals surface area contributed by atoms with E-state index in [9.17, 15) is 9.90 Å². The number of carbonyl (C=O) groups excluding carboxylic acids is 1. The molecule has 2 aromatic rings. The van der Waals surface area contributed by atoms with E-state index in [1.54, 1.807) is 18.2 Å². The average molecular weight is 346 g/mol. The molecule has 2 rings (SSSR count). The number of halogens is 1. The molecule has 2 aromatic carbocycles. The molecule has 1 amide bonds. The number of aromatic hydroxyl groups is 1. The molecule has 1 unspecified atom stereocenters. The lowest BCUT2D eigenvalue weighted by Crippen LogP contribution is -2.28. The van der Waals surface area contributed by atoms with Crippen molar-refractivity contribution in [3.8, 4) is 5.75 Å². The Hall–Kier alpha value is -2.00. The van der Waals surface area contributed by atoms with E-state index in [0.717, 1.165) is 29.8 Å². The quantitative estimate of drug-likeness (QED) is 0.761. The number of hydrogen-bond acceptors (Lipinski definition) is 2. The number of phenols is 1. The highest BCUT2D eigenvalue weighted by atomic mass is 35.5. The SMILES string of the molecule is Cc1ccc(CCCC(C)CNC(=O)c2ccccc2O)cc1Cl. The van der Waals surface area contributed by atoms with E-state index in [-0.39, 0.29) is 11.7 Å². The van der Waals surface area contributed by atoms with Gasteiger partial charge in [0.2, 0.25) is 0 Å². The fraction of sp³-hybridized carbons (Fsp3) is 0.350. The molecule has 24 heavy (non-hydrogen) atoms. The van der Waals surface area contributed by atoms with E-state index in [0.29, 0.717) is 18.0 Å². The molecule has 3 nitrogen and oxygen atoms in total. The third-order valence-corrected chi connectivity index (χ3v) is 4.57. The predicted molar refractivity (Wildman–Crippen MR) is 98.7 cm³/mol. The summed E-state index contributed by atoms with van der Waals surface area (Å²) in [7, 11) is 0. The van der Waals surface area contributed by atoms with Gasteiger partial charge in [-0.3, -0.25) is 4.79 Å². The standard InChI is InChI=1S/C20H24ClNO2/c1-14(6-5-7-16-11-10-15(2)18(21)12-16)13-22-20(24)17-8-3-4-9-19(17)23/h3-4,8-12,14,23H,5-7,13H2,1-2H3,(H,22,24). The largest absolute Gasteiger partial charge is 0.507 e. The minimum absolute atomic E-state index is 0.0129. The minimum Gasteiger partial charge on any atom is -0.507 e. The van der Waals surface area contributed by atoms with Crippen LogP contribution in [0.4, 0.5) is 0 Å². The van der Waals surface area contributed by atoms with Gasteiger partial charge in [0, 0.05) is 11.6 Å². The molecule has 4 heteroatoms. The summed E-state index contributed by atoms with van der Waals surface area (Å²) in [4.78, 5) is 12.0. The highest BCUT2D eigenvalue weighted by Crippen LogP contribution is 2.19. The predicted octanol–water partition coefficient (Wildman–Crippen LogP) is 4.74. The number of benzene rings is 2. The van der Waals surface area contributed by atoms with Gasteiger partial charge >= 0.3 is 0 Å². The maximum atomic E-state index is 12.0. The van der Waals surface area contributed by atoms with Gasteiger partial charge in [0.1, 0.15) is 5.75 Å². The third-order valence-electron chi connectivity index (χ3n) is 4.16. The molecule has 0 saturated carbocycles. The molecule has 0 aromatic heterocycles. The van der Waals surface area contributed by atoms with Crippen LogP contribution in [-0.2, 0) is 6.42 Å². The summed E-state index contributed by atoms with van der Waals surface area (Å²) in [6.07, 6.45) is 3.05. The van der Waals surface area contributed by atoms with Crippen LogP contribution in [0.2, 0.25) is 5.02 Å². The van der Waals surface area contributed by atoms with Crippen LogP contribution in [0, 0.1) is 12.8 Å². The summed E-state index contributed by atoms with van der Waals surface area (Å²) in [5, 5.41) is 13.4. The second-order valence-electron chi connectivity index (χ2n) is 6.31. The summed E-state index contributed by atoms with van der Waals surface area (Å²) in [5.41, 5.74) is 2.66. The fourth-order valence-corrected chi connectivity index (χ4v) is 2.78. The summed E-state index contributed by atoms with van der Waals surface area (Å²) in [5.74, 6) is 0.157. The van der Waals surface area contributed by atoms with E-state index in [2.05, 4.69) is 18.3 Å². The van der Waals surface area contributed by atoms with E-state index in [1.807, 2.05) is 19.1 Å². The molecule has 0 aliphatic heterocycles. The number of hydrogen-bond donors (Lipinski definition) is 2. The summed E-state index contributed by atoms with van der Waals surface area (Å²) in [6.45, 7) is 4.72. The van der Waals surface area contributed by atoms with Crippen LogP contribution in [0.5, 0.6) is 5.75 Å². The monoisotopic (exact) mass is 345 g/mol. The van der Waals surface area contributed by atoms with Gasteiger partial charge in [-0.1, -0.05) is 42.8 Å². The van der Waals surface area contributed by atoms with Gasteiger partial charge in [-0.15, -0.1) is 0 Å². The molecule has 0 aliphatic carbocycles. The Bertz CT molecular complexity index is 700. The molecule has 0 heterocycles. The first kappa shape index (κ1) is 18.3. The lowest BCUT2D eigenvalue weighted by Gasteiger charge is -2.13. The number of para-hydroxylation sites is 1. The third kappa shape index (κ3) is 5.27. The van der Waals surface area contributed by atoms with Gasteiger partial charge in [0.15, 0.2) is 0 Å². The normalized spacial score (nSPS) is 12.0. The highest BCUT2D eigenvalue weighted by molar-refractivity contribution is 6.31. The van der Waals surface area contributed by atoms with Crippen LogP contribution < -0.4 is 5.32 Å². The first-order chi connectivity index (χ1) is 11.5. The number of phenolic OH excluding ortho intramolecular Hbond substituents is 1. The topological polar surface area (TPSA) is 49.3 Å². The minimum atomic E-state index is -0.231. The van der Waals surface area contributed by atoms with Crippen LogP contribution in [0.15, 0.2) is 42.5 Å². The van der Waals surface area contributed by atoms with E-state index < -0.39 is 0 Å². The smallest absolute Gasteiger partial charge is 0.255 e. The zero-order valence-electron chi connectivity index (χ0n) is 14.2. The number of amides is 1. The van der Waals surface area contributed by atoms with Crippen LogP contribution in [0.25, 0.3) is 0 Å². The molecule has 0 bridgehead atoms. The van der Waals surface area contributed by atoms with Gasteiger partial charge in [0.05, 0.1) is 5.56 Å². The molecule has 0 fully saturated rings. The second-order valence-corrected chi connectivity index (χ2v) is 6.72. The van der Waals surface area contributed by atoms with Crippen LogP contribution >= 0.6 is 11.6 Å². The molecule has 2 N–H and O–H groups in total. The van der Waals surface area contributed by atoms with Gasteiger partial charge < -0.3 is 10.4 Å². The highest BCUT2D eigenvalue weighted by Gasteiger charge is 2.11. The van der Waals surface area contributed by atoms with E-state index >= 15 is 0 Å². The van der Waals surface area contributed by atoms with Crippen LogP contribution in [0.1, 0.15) is 41.3 Å². The van der Waals surface area contributed by atoms with Gasteiger partial charge in [-0.05, 0) is 61.4 Å². The maximum Gasteiger partial charge on any atom is 0.255 e. The number of carbonyl (C=O) groups is 1. The van der Waals surface area contributed by atoms with Crippen molar-refractivity contribution in [2.24, 2.45) is 5.92 Å². The summed E-state index contributed by atoms with van der Waals surface area (Å²) < 4.78 is 0. The fourth-order valence-electron chi connectivity index (χ4n) is 2.58. The Morgan fingerprint density at radius 3 is 2.71 bits per heavy atom. The Balaban J connectivity index is 1.73. The Morgan fingerprint density at radius 1 is 1.25 bits per heavy atom. The van der Waals surface area contributed by atoms with E-state index in [4.69, 9.17) is 11.6 Å². The Morgan fingerprint density at radius 2 is 2.00 bits per heavy atom. The van der Waals surface area contributed by atoms with Crippen molar-refractivity contribution in [2.45, 2.75) is 33.1 Å². The van der Waals surface area contributed by atoms with Crippen molar-refractivity contribution in [3.05, 3.63) is 64.2 Å². The molecule has 0 saturated heterocycles. The molecule has 0 radical (unpaired) electrons. The first-order valence-electron chi connectivity index (χ1n) is 8.28. The summed E-state index contributed by atoms with van der Waals surface area (Å²) in [6, 6.07) is 12.8. The average Bonchev–Trinajstić information content (AvgIpc) is 2.56. The molecule has 0 spiro atoms. The lowest BCUT2D eigenvalue weighted by molar-refractivity contribution is 0.0944. The maximum absolute atomic E-state index is 12.0. The van der Waals surface area contributed by atoms with Crippen molar-refractivity contribution in [3.63, 3.8) is 0 Å². The Labute approximate surface area is 148 Å². The lowest BCUT2D eigenvalue weighted by atomic mass is 10.0. The first-order valence-corrected chi connectivity index (χ1v) is 8.66. The van der Waals surface area contributed by atoms with Crippen molar-refractivity contribution < 1.29 is 9.90 Å². The van der Waals surface area contributed by atoms with Gasteiger partial charge in [-0.25, -0.2) is 0 Å². The zero-order valence-corrected chi connectivity index (χ0v) is 14.9. The van der Waals surface area contributed by atoms with Crippen LogP contribution in [-0.4, -0.2) is 17.6 Å². The van der Waals surface area contributed by atoms with Crippen molar-refractivity contribution in [1.82, 2.24) is 5.32 Å². The van der Waals surface area contributed by atoms with Crippen molar-refractivity contribution >= 4 is 17.5 Å².